The number of rotatable bonds is 2. The molecular weight excluding hydrogens is 259 g/mol. The normalized spacial score (nSPS) is 12.1. The van der Waals surface area contributed by atoms with Crippen LogP contribution in [0.5, 0.6) is 0 Å². The Labute approximate surface area is 96.7 Å². The number of alkyl halides is 3. The van der Waals surface area contributed by atoms with Crippen LogP contribution in [0.4, 0.5) is 13.2 Å². The van der Waals surface area contributed by atoms with Gasteiger partial charge in [0.1, 0.15) is 10.7 Å². The predicted octanol–water partition coefficient (Wildman–Crippen LogP) is 0.938. The zero-order valence-electron chi connectivity index (χ0n) is 8.43. The maximum atomic E-state index is 12.8. The Bertz CT molecular complexity index is 534. The fourth-order valence-electron chi connectivity index (χ4n) is 1.21. The SMILES string of the molecule is Cc1nnc(-n2nnc(CO)c2C(F)(F)F)s1. The number of halogens is 3. The van der Waals surface area contributed by atoms with Crippen LogP contribution in [-0.2, 0) is 12.8 Å². The summed E-state index contributed by atoms with van der Waals surface area (Å²) in [5.41, 5.74) is -1.67. The number of aliphatic hydroxyl groups is 1. The van der Waals surface area contributed by atoms with E-state index < -0.39 is 24.2 Å². The lowest BCUT2D eigenvalue weighted by Gasteiger charge is -2.07. The third-order valence-corrected chi connectivity index (χ3v) is 2.67. The lowest BCUT2D eigenvalue weighted by atomic mass is 10.3. The van der Waals surface area contributed by atoms with Crippen molar-refractivity contribution in [3.63, 3.8) is 0 Å². The maximum absolute atomic E-state index is 12.8. The van der Waals surface area contributed by atoms with Crippen LogP contribution in [0.15, 0.2) is 0 Å². The van der Waals surface area contributed by atoms with Gasteiger partial charge in [0, 0.05) is 0 Å². The van der Waals surface area contributed by atoms with Crippen LogP contribution in [0.3, 0.4) is 0 Å². The molecule has 0 unspecified atom stereocenters. The molecule has 0 saturated carbocycles. The summed E-state index contributed by atoms with van der Waals surface area (Å²) < 4.78 is 38.8. The molecule has 0 radical (unpaired) electrons. The van der Waals surface area contributed by atoms with E-state index in [2.05, 4.69) is 20.5 Å². The number of nitrogens with zero attached hydrogens (tertiary/aromatic N) is 5. The molecule has 0 bridgehead atoms. The first kappa shape index (κ1) is 11.9. The lowest BCUT2D eigenvalue weighted by Crippen LogP contribution is -2.15. The predicted molar refractivity (Wildman–Crippen MR) is 50.5 cm³/mol. The molecule has 0 aliphatic rings. The van der Waals surface area contributed by atoms with Crippen LogP contribution in [-0.4, -0.2) is 30.3 Å². The highest BCUT2D eigenvalue weighted by Gasteiger charge is 2.40. The van der Waals surface area contributed by atoms with Gasteiger partial charge in [-0.3, -0.25) is 0 Å². The van der Waals surface area contributed by atoms with Crippen molar-refractivity contribution < 1.29 is 18.3 Å². The molecule has 2 aromatic heterocycles. The zero-order valence-corrected chi connectivity index (χ0v) is 9.25. The summed E-state index contributed by atoms with van der Waals surface area (Å²) in [6.45, 7) is 0.769. The summed E-state index contributed by atoms with van der Waals surface area (Å²) >= 11 is 0.952. The molecule has 0 aromatic carbocycles. The highest BCUT2D eigenvalue weighted by Crippen LogP contribution is 2.33. The van der Waals surface area contributed by atoms with Crippen LogP contribution >= 0.6 is 11.3 Å². The van der Waals surface area contributed by atoms with Crippen molar-refractivity contribution in [3.05, 3.63) is 16.4 Å². The van der Waals surface area contributed by atoms with Gasteiger partial charge in [-0.25, -0.2) is 0 Å². The molecule has 2 aromatic rings. The first-order valence-corrected chi connectivity index (χ1v) is 5.18. The van der Waals surface area contributed by atoms with Gasteiger partial charge in [0.2, 0.25) is 5.13 Å². The highest BCUT2D eigenvalue weighted by atomic mass is 32.1. The van der Waals surface area contributed by atoms with Crippen molar-refractivity contribution in [2.75, 3.05) is 0 Å². The monoisotopic (exact) mass is 265 g/mol. The van der Waals surface area contributed by atoms with Gasteiger partial charge in [0.25, 0.3) is 0 Å². The van der Waals surface area contributed by atoms with Gasteiger partial charge in [-0.1, -0.05) is 16.6 Å². The Kier molecular flexibility index (Phi) is 2.83. The average molecular weight is 265 g/mol. The fourth-order valence-corrected chi connectivity index (χ4v) is 1.85. The first-order valence-electron chi connectivity index (χ1n) is 4.36. The van der Waals surface area contributed by atoms with Crippen molar-refractivity contribution in [1.29, 1.82) is 0 Å². The van der Waals surface area contributed by atoms with Crippen LogP contribution in [0, 0.1) is 6.92 Å². The maximum Gasteiger partial charge on any atom is 0.435 e. The van der Waals surface area contributed by atoms with Gasteiger partial charge in [-0.05, 0) is 6.92 Å². The van der Waals surface area contributed by atoms with E-state index in [1.54, 1.807) is 6.92 Å². The molecule has 0 aliphatic carbocycles. The molecule has 0 saturated heterocycles. The van der Waals surface area contributed by atoms with E-state index in [1.165, 1.54) is 0 Å². The summed E-state index contributed by atoms with van der Waals surface area (Å²) in [5.74, 6) is 0. The topological polar surface area (TPSA) is 76.7 Å². The number of hydrogen-bond donors (Lipinski definition) is 1. The van der Waals surface area contributed by atoms with Crippen molar-refractivity contribution >= 4 is 11.3 Å². The van der Waals surface area contributed by atoms with Gasteiger partial charge < -0.3 is 5.11 Å². The molecular formula is C7H6F3N5OS. The largest absolute Gasteiger partial charge is 0.435 e. The van der Waals surface area contributed by atoms with Crippen LogP contribution in [0.25, 0.3) is 5.13 Å². The van der Waals surface area contributed by atoms with E-state index >= 15 is 0 Å². The average Bonchev–Trinajstić information content (AvgIpc) is 2.81. The Morgan fingerprint density at radius 1 is 1.29 bits per heavy atom. The van der Waals surface area contributed by atoms with Gasteiger partial charge in [0.15, 0.2) is 5.69 Å². The van der Waals surface area contributed by atoms with Gasteiger partial charge >= 0.3 is 6.18 Å². The number of aromatic nitrogens is 5. The Morgan fingerprint density at radius 3 is 2.47 bits per heavy atom. The Hall–Kier alpha value is -1.55. The third-order valence-electron chi connectivity index (χ3n) is 1.85. The van der Waals surface area contributed by atoms with Gasteiger partial charge in [-0.15, -0.1) is 15.3 Å². The highest BCUT2D eigenvalue weighted by molar-refractivity contribution is 7.13. The van der Waals surface area contributed by atoms with E-state index in [0.717, 1.165) is 11.3 Å². The van der Waals surface area contributed by atoms with Crippen LogP contribution in [0.1, 0.15) is 16.4 Å². The van der Waals surface area contributed by atoms with Crippen molar-refractivity contribution in [2.45, 2.75) is 19.7 Å². The second kappa shape index (κ2) is 4.04. The molecule has 2 heterocycles. The van der Waals surface area contributed by atoms with E-state index in [0.29, 0.717) is 9.69 Å². The second-order valence-electron chi connectivity index (χ2n) is 3.06. The Balaban J connectivity index is 2.59. The smallest absolute Gasteiger partial charge is 0.390 e. The van der Waals surface area contributed by atoms with Crippen molar-refractivity contribution in [2.24, 2.45) is 0 Å². The van der Waals surface area contributed by atoms with Crippen LogP contribution < -0.4 is 0 Å². The Morgan fingerprint density at radius 2 is 2.00 bits per heavy atom. The molecule has 0 amide bonds. The van der Waals surface area contributed by atoms with E-state index in [1.807, 2.05) is 0 Å². The zero-order chi connectivity index (χ0) is 12.6. The minimum absolute atomic E-state index is 0.0398. The first-order chi connectivity index (χ1) is 7.93. The van der Waals surface area contributed by atoms with Gasteiger partial charge in [0.05, 0.1) is 6.61 Å². The quantitative estimate of drug-likeness (QED) is 0.874. The molecule has 10 heteroatoms. The molecule has 92 valence electrons. The molecule has 1 N–H and O–H groups in total. The second-order valence-corrected chi connectivity index (χ2v) is 4.22. The van der Waals surface area contributed by atoms with Gasteiger partial charge in [-0.2, -0.15) is 17.9 Å². The summed E-state index contributed by atoms with van der Waals surface area (Å²) in [5, 5.41) is 23.0. The number of aryl methyl sites for hydroxylation is 1. The molecule has 0 aliphatic heterocycles. The minimum Gasteiger partial charge on any atom is -0.390 e. The van der Waals surface area contributed by atoms with Crippen molar-refractivity contribution in [3.8, 4) is 5.13 Å². The molecule has 6 nitrogen and oxygen atoms in total. The number of hydrogen-bond acceptors (Lipinski definition) is 6. The minimum atomic E-state index is -4.67. The van der Waals surface area contributed by atoms with Crippen LogP contribution in [0.2, 0.25) is 0 Å². The number of aliphatic hydroxyl groups excluding tert-OH is 1. The summed E-state index contributed by atoms with van der Waals surface area (Å²) in [6, 6.07) is 0. The van der Waals surface area contributed by atoms with E-state index in [9.17, 15) is 13.2 Å². The molecule has 17 heavy (non-hydrogen) atoms. The standard InChI is InChI=1S/C7H6F3N5OS/c1-3-11-13-6(17-3)15-5(7(8,9)10)4(2-16)12-14-15/h16H,2H2,1H3. The summed E-state index contributed by atoms with van der Waals surface area (Å²) in [4.78, 5) is 0. The molecule has 0 atom stereocenters. The molecule has 0 fully saturated rings. The molecule has 2 rings (SSSR count). The van der Waals surface area contributed by atoms with Crippen molar-refractivity contribution in [1.82, 2.24) is 25.2 Å². The molecule has 0 spiro atoms. The summed E-state index contributed by atoms with van der Waals surface area (Å²) in [7, 11) is 0. The fraction of sp³-hybridized carbons (Fsp3) is 0.429. The third kappa shape index (κ3) is 2.13. The summed E-state index contributed by atoms with van der Waals surface area (Å²) in [6.07, 6.45) is -4.67. The van der Waals surface area contributed by atoms with E-state index in [-0.39, 0.29) is 5.13 Å². The van der Waals surface area contributed by atoms with E-state index in [4.69, 9.17) is 5.11 Å². The lowest BCUT2D eigenvalue weighted by molar-refractivity contribution is -0.143.